The van der Waals surface area contributed by atoms with Crippen LogP contribution in [0.25, 0.3) is 0 Å². The van der Waals surface area contributed by atoms with E-state index in [-0.39, 0.29) is 12.3 Å². The molecule has 1 aliphatic rings. The number of ether oxygens (including phenoxy) is 2. The summed E-state index contributed by atoms with van der Waals surface area (Å²) in [5.41, 5.74) is 0. The Morgan fingerprint density at radius 2 is 1.83 bits per heavy atom. The minimum absolute atomic E-state index is 0.183. The van der Waals surface area contributed by atoms with Crippen LogP contribution in [0.4, 0.5) is 0 Å². The number of aliphatic hydroxyl groups is 3. The van der Waals surface area contributed by atoms with Crippen LogP contribution >= 0.6 is 8.03 Å². The first-order chi connectivity index (χ1) is 8.32. The quantitative estimate of drug-likeness (QED) is 0.383. The van der Waals surface area contributed by atoms with Gasteiger partial charge in [0.25, 0.3) is 0 Å². The van der Waals surface area contributed by atoms with Crippen molar-refractivity contribution >= 4 is 15.6 Å². The predicted octanol–water partition coefficient (Wildman–Crippen LogP) is -0.918. The maximum Gasteiger partial charge on any atom is 0.186 e. The molecule has 1 aliphatic heterocycles. The van der Waals surface area contributed by atoms with E-state index in [0.717, 1.165) is 0 Å². The van der Waals surface area contributed by atoms with E-state index in [0.29, 0.717) is 6.42 Å². The molecule has 4 N–H and O–H groups in total. The topological polar surface area (TPSA) is 99.4 Å². The molecule has 18 heavy (non-hydrogen) atoms. The average molecular weight is 278 g/mol. The summed E-state index contributed by atoms with van der Waals surface area (Å²) < 4.78 is 10.7. The Balaban J connectivity index is 2.62. The first kappa shape index (κ1) is 16.3. The van der Waals surface area contributed by atoms with Gasteiger partial charge in [0.05, 0.1) is 12.2 Å². The van der Waals surface area contributed by atoms with Crippen LogP contribution in [0.15, 0.2) is 0 Å². The molecule has 104 valence electrons. The normalized spacial score (nSPS) is 38.9. The molecule has 6 nitrogen and oxygen atoms in total. The van der Waals surface area contributed by atoms with E-state index in [1.807, 2.05) is 0 Å². The molecule has 0 saturated carbocycles. The first-order valence-electron chi connectivity index (χ1n) is 5.89. The van der Waals surface area contributed by atoms with Crippen molar-refractivity contribution in [2.75, 3.05) is 6.16 Å². The average Bonchev–Trinajstić information content (AvgIpc) is 2.27. The summed E-state index contributed by atoms with van der Waals surface area (Å²) in [6.07, 6.45) is -5.17. The molecule has 1 rings (SSSR count). The largest absolute Gasteiger partial charge is 0.388 e. The Morgan fingerprint density at radius 1 is 1.22 bits per heavy atom. The lowest BCUT2D eigenvalue weighted by Crippen LogP contribution is -2.58. The molecule has 2 radical (unpaired) electrons. The zero-order valence-electron chi connectivity index (χ0n) is 10.5. The van der Waals surface area contributed by atoms with Crippen LogP contribution in [0.5, 0.6) is 0 Å². The third-order valence-electron chi connectivity index (χ3n) is 2.72. The standard InChI is InChI=1S/C10H20BO6P/c1-5(2)16-10-9(14)8(13)7(12)6(17-10)3-4-18(11)15/h5-10,12-15H,3-4H2,1-2H3/t6?,7-,8?,9?,10+,18?/m1/s1. The fourth-order valence-electron chi connectivity index (χ4n) is 1.80. The Labute approximate surface area is 109 Å². The van der Waals surface area contributed by atoms with Crippen molar-refractivity contribution in [2.24, 2.45) is 0 Å². The van der Waals surface area contributed by atoms with E-state index in [1.165, 1.54) is 0 Å². The van der Waals surface area contributed by atoms with E-state index < -0.39 is 38.7 Å². The summed E-state index contributed by atoms with van der Waals surface area (Å²) in [5, 5.41) is 29.2. The van der Waals surface area contributed by atoms with Crippen LogP contribution in [0, 0.1) is 0 Å². The van der Waals surface area contributed by atoms with Gasteiger partial charge in [0.1, 0.15) is 25.9 Å². The van der Waals surface area contributed by atoms with Gasteiger partial charge in [0.2, 0.25) is 0 Å². The molecule has 0 spiro atoms. The van der Waals surface area contributed by atoms with Gasteiger partial charge in [0, 0.05) is 0 Å². The number of hydrogen-bond acceptors (Lipinski definition) is 6. The van der Waals surface area contributed by atoms with Crippen molar-refractivity contribution in [1.29, 1.82) is 0 Å². The minimum atomic E-state index is -1.58. The van der Waals surface area contributed by atoms with Crippen LogP contribution in [-0.2, 0) is 9.47 Å². The molecule has 4 unspecified atom stereocenters. The second-order valence-corrected chi connectivity index (χ2v) is 5.98. The van der Waals surface area contributed by atoms with Gasteiger partial charge in [-0.2, -0.15) is 0 Å². The monoisotopic (exact) mass is 278 g/mol. The lowest BCUT2D eigenvalue weighted by atomic mass is 9.97. The Hall–Kier alpha value is 0.255. The molecule has 0 aromatic carbocycles. The maximum absolute atomic E-state index is 9.77. The molecular formula is C10H20BO6P. The zero-order chi connectivity index (χ0) is 13.9. The number of hydrogen-bond donors (Lipinski definition) is 4. The van der Waals surface area contributed by atoms with Gasteiger partial charge < -0.3 is 29.7 Å². The lowest BCUT2D eigenvalue weighted by Gasteiger charge is -2.41. The SMILES string of the molecule is [B]P(O)CCC1O[C@H](OC(C)C)C(O)C(O)[C@@H]1O. The molecular weight excluding hydrogens is 258 g/mol. The van der Waals surface area contributed by atoms with Crippen molar-refractivity contribution in [3.05, 3.63) is 0 Å². The molecule has 1 heterocycles. The van der Waals surface area contributed by atoms with Gasteiger partial charge in [-0.15, -0.1) is 0 Å². The van der Waals surface area contributed by atoms with Crippen molar-refractivity contribution in [1.82, 2.24) is 0 Å². The summed E-state index contributed by atoms with van der Waals surface area (Å²) in [7, 11) is 3.70. The highest BCUT2D eigenvalue weighted by molar-refractivity contribution is 7.77. The molecule has 1 saturated heterocycles. The highest BCUT2D eigenvalue weighted by atomic mass is 31.1. The fraction of sp³-hybridized carbons (Fsp3) is 1.00. The first-order valence-corrected chi connectivity index (χ1v) is 7.44. The van der Waals surface area contributed by atoms with E-state index >= 15 is 0 Å². The van der Waals surface area contributed by atoms with Gasteiger partial charge in [-0.1, -0.05) is 0 Å². The van der Waals surface area contributed by atoms with Gasteiger partial charge in [-0.25, -0.2) is 0 Å². The molecule has 8 heteroatoms. The van der Waals surface area contributed by atoms with Gasteiger partial charge in [0.15, 0.2) is 6.29 Å². The minimum Gasteiger partial charge on any atom is -0.388 e. The number of aliphatic hydroxyl groups excluding tert-OH is 3. The Bertz CT molecular complexity index is 253. The molecule has 0 aliphatic carbocycles. The maximum atomic E-state index is 9.77. The third-order valence-corrected chi connectivity index (χ3v) is 3.43. The van der Waals surface area contributed by atoms with Crippen molar-refractivity contribution in [3.63, 3.8) is 0 Å². The second kappa shape index (κ2) is 7.15. The van der Waals surface area contributed by atoms with Crippen LogP contribution in [0.3, 0.4) is 0 Å². The molecule has 0 amide bonds. The molecule has 6 atom stereocenters. The summed E-state index contributed by atoms with van der Waals surface area (Å²) in [5.74, 6) is 0. The third kappa shape index (κ3) is 4.42. The van der Waals surface area contributed by atoms with Gasteiger partial charge in [-0.05, 0) is 34.5 Å². The highest BCUT2D eigenvalue weighted by Gasteiger charge is 2.44. The highest BCUT2D eigenvalue weighted by Crippen LogP contribution is 2.29. The smallest absolute Gasteiger partial charge is 0.186 e. The van der Waals surface area contributed by atoms with Crippen molar-refractivity contribution in [3.8, 4) is 0 Å². The summed E-state index contributed by atoms with van der Waals surface area (Å²) in [6, 6.07) is 0. The molecule has 0 bridgehead atoms. The molecule has 0 aromatic rings. The van der Waals surface area contributed by atoms with E-state index in [9.17, 15) is 15.3 Å². The van der Waals surface area contributed by atoms with Crippen LogP contribution in [0.1, 0.15) is 20.3 Å². The van der Waals surface area contributed by atoms with Crippen molar-refractivity contribution < 1.29 is 29.7 Å². The second-order valence-electron chi connectivity index (χ2n) is 4.65. The van der Waals surface area contributed by atoms with Gasteiger partial charge >= 0.3 is 0 Å². The lowest BCUT2D eigenvalue weighted by molar-refractivity contribution is -0.304. The summed E-state index contributed by atoms with van der Waals surface area (Å²) >= 11 is 0. The van der Waals surface area contributed by atoms with Crippen LogP contribution in [-0.4, -0.2) is 70.8 Å². The Kier molecular flexibility index (Phi) is 6.48. The Morgan fingerprint density at radius 3 is 2.33 bits per heavy atom. The van der Waals surface area contributed by atoms with Crippen LogP contribution < -0.4 is 0 Å². The van der Waals surface area contributed by atoms with E-state index in [4.69, 9.17) is 21.9 Å². The fourth-order valence-corrected chi connectivity index (χ4v) is 2.31. The zero-order valence-corrected chi connectivity index (χ0v) is 11.4. The molecule has 1 fully saturated rings. The van der Waals surface area contributed by atoms with Crippen molar-refractivity contribution in [2.45, 2.75) is 57.1 Å². The number of rotatable bonds is 5. The van der Waals surface area contributed by atoms with Crippen LogP contribution in [0.2, 0.25) is 0 Å². The molecule has 0 aromatic heterocycles. The predicted molar refractivity (Wildman–Crippen MR) is 67.3 cm³/mol. The summed E-state index contributed by atoms with van der Waals surface area (Å²) in [4.78, 5) is 9.06. The van der Waals surface area contributed by atoms with E-state index in [2.05, 4.69) is 0 Å². The van der Waals surface area contributed by atoms with Gasteiger partial charge in [-0.3, -0.25) is 0 Å². The summed E-state index contributed by atoms with van der Waals surface area (Å²) in [6.45, 7) is 3.55. The van der Waals surface area contributed by atoms with E-state index in [1.54, 1.807) is 13.8 Å².